The molecule has 1 fully saturated rings. The normalized spacial score (nSPS) is 18.0. The molecule has 0 saturated carbocycles. The lowest BCUT2D eigenvalue weighted by molar-refractivity contribution is 0.0725. The first-order valence-corrected chi connectivity index (χ1v) is 7.72. The summed E-state index contributed by atoms with van der Waals surface area (Å²) in [5, 5.41) is 0.833. The number of nitrogens with one attached hydrogen (secondary N) is 2. The molecule has 23 heavy (non-hydrogen) atoms. The number of aryl methyl sites for hydroxylation is 1. The summed E-state index contributed by atoms with van der Waals surface area (Å²) in [6.45, 7) is 2.65. The van der Waals surface area contributed by atoms with Crippen molar-refractivity contribution < 1.29 is 9.18 Å². The minimum atomic E-state index is -0.316. The molecule has 1 aliphatic heterocycles. The number of fused-ring (bicyclic) bond motifs is 1. The minimum absolute atomic E-state index is 0.0284. The number of benzene rings is 1. The Morgan fingerprint density at radius 2 is 2.22 bits per heavy atom. The van der Waals surface area contributed by atoms with Crippen molar-refractivity contribution in [2.75, 3.05) is 6.54 Å². The van der Waals surface area contributed by atoms with Crippen molar-refractivity contribution >= 4 is 16.8 Å². The summed E-state index contributed by atoms with van der Waals surface area (Å²) >= 11 is 0. The highest BCUT2D eigenvalue weighted by Crippen LogP contribution is 2.32. The molecule has 1 aliphatic rings. The molecule has 0 unspecified atom stereocenters. The lowest BCUT2D eigenvalue weighted by Gasteiger charge is -2.22. The van der Waals surface area contributed by atoms with E-state index in [4.69, 9.17) is 0 Å². The van der Waals surface area contributed by atoms with Crippen LogP contribution < -0.4 is 0 Å². The highest BCUT2D eigenvalue weighted by Gasteiger charge is 2.33. The first-order chi connectivity index (χ1) is 11.1. The van der Waals surface area contributed by atoms with E-state index in [9.17, 15) is 9.18 Å². The van der Waals surface area contributed by atoms with Crippen molar-refractivity contribution in [3.05, 3.63) is 53.5 Å². The summed E-state index contributed by atoms with van der Waals surface area (Å²) in [6.07, 6.45) is 3.63. The number of carbonyl (C=O) groups is 1. The van der Waals surface area contributed by atoms with Crippen LogP contribution in [0.2, 0.25) is 0 Å². The van der Waals surface area contributed by atoms with Gasteiger partial charge in [-0.15, -0.1) is 0 Å². The predicted octanol–water partition coefficient (Wildman–Crippen LogP) is 3.32. The van der Waals surface area contributed by atoms with Crippen LogP contribution in [0.1, 0.15) is 40.9 Å². The monoisotopic (exact) mass is 312 g/mol. The van der Waals surface area contributed by atoms with Gasteiger partial charge in [0.25, 0.3) is 5.91 Å². The van der Waals surface area contributed by atoms with Crippen molar-refractivity contribution in [1.29, 1.82) is 0 Å². The van der Waals surface area contributed by atoms with Crippen molar-refractivity contribution in [1.82, 2.24) is 19.9 Å². The molecule has 6 heteroatoms. The molecule has 1 atom stereocenters. The Morgan fingerprint density at radius 1 is 1.35 bits per heavy atom. The lowest BCUT2D eigenvalue weighted by atomic mass is 10.2. The summed E-state index contributed by atoms with van der Waals surface area (Å²) in [7, 11) is 0. The number of halogens is 1. The van der Waals surface area contributed by atoms with E-state index in [1.54, 1.807) is 18.3 Å². The maximum Gasteiger partial charge on any atom is 0.270 e. The van der Waals surface area contributed by atoms with Gasteiger partial charge in [0.1, 0.15) is 17.3 Å². The van der Waals surface area contributed by atoms with E-state index in [2.05, 4.69) is 15.0 Å². The lowest BCUT2D eigenvalue weighted by Crippen LogP contribution is -2.31. The van der Waals surface area contributed by atoms with Gasteiger partial charge >= 0.3 is 0 Å². The van der Waals surface area contributed by atoms with Gasteiger partial charge in [-0.05, 0) is 44.0 Å². The maximum absolute atomic E-state index is 13.3. The van der Waals surface area contributed by atoms with Crippen LogP contribution in [-0.4, -0.2) is 32.3 Å². The maximum atomic E-state index is 13.3. The highest BCUT2D eigenvalue weighted by atomic mass is 19.1. The number of H-pyrrole nitrogens is 2. The van der Waals surface area contributed by atoms with Crippen LogP contribution >= 0.6 is 0 Å². The zero-order valence-corrected chi connectivity index (χ0v) is 12.8. The third kappa shape index (κ3) is 2.40. The molecule has 0 aliphatic carbocycles. The molecule has 5 nitrogen and oxygen atoms in total. The molecule has 3 aromatic rings. The molecule has 2 aromatic heterocycles. The Kier molecular flexibility index (Phi) is 3.18. The van der Waals surface area contributed by atoms with Gasteiger partial charge in [0.05, 0.1) is 6.04 Å². The van der Waals surface area contributed by atoms with Crippen LogP contribution in [0.5, 0.6) is 0 Å². The number of likely N-dealkylation sites (tertiary alicyclic amines) is 1. The molecule has 0 spiro atoms. The number of hydrogen-bond acceptors (Lipinski definition) is 2. The number of hydrogen-bond donors (Lipinski definition) is 2. The molecule has 3 heterocycles. The van der Waals surface area contributed by atoms with Gasteiger partial charge in [0.2, 0.25) is 0 Å². The van der Waals surface area contributed by atoms with Crippen LogP contribution in [0, 0.1) is 12.7 Å². The fourth-order valence-corrected chi connectivity index (χ4v) is 3.27. The van der Waals surface area contributed by atoms with E-state index in [0.29, 0.717) is 17.8 Å². The minimum Gasteiger partial charge on any atom is -0.350 e. The second kappa shape index (κ2) is 5.22. The average molecular weight is 312 g/mol. The predicted molar refractivity (Wildman–Crippen MR) is 84.6 cm³/mol. The number of rotatable bonds is 2. The molecular weight excluding hydrogens is 295 g/mol. The Bertz CT molecular complexity index is 882. The van der Waals surface area contributed by atoms with Crippen LogP contribution in [0.15, 0.2) is 30.5 Å². The summed E-state index contributed by atoms with van der Waals surface area (Å²) < 4.78 is 13.3. The van der Waals surface area contributed by atoms with E-state index in [1.807, 2.05) is 11.8 Å². The Hall–Kier alpha value is -2.63. The van der Waals surface area contributed by atoms with Crippen LogP contribution in [0.3, 0.4) is 0 Å². The quantitative estimate of drug-likeness (QED) is 0.762. The van der Waals surface area contributed by atoms with E-state index >= 15 is 0 Å². The van der Waals surface area contributed by atoms with E-state index in [1.165, 1.54) is 12.1 Å². The number of carbonyl (C=O) groups excluding carboxylic acids is 1. The largest absolute Gasteiger partial charge is 0.350 e. The van der Waals surface area contributed by atoms with Gasteiger partial charge in [0, 0.05) is 29.3 Å². The van der Waals surface area contributed by atoms with Crippen molar-refractivity contribution in [3.63, 3.8) is 0 Å². The summed E-state index contributed by atoms with van der Waals surface area (Å²) in [4.78, 5) is 25.3. The second-order valence-corrected chi connectivity index (χ2v) is 6.02. The van der Waals surface area contributed by atoms with E-state index < -0.39 is 0 Å². The van der Waals surface area contributed by atoms with Gasteiger partial charge in [-0.2, -0.15) is 0 Å². The highest BCUT2D eigenvalue weighted by molar-refractivity contribution is 5.98. The number of aromatic nitrogens is 3. The van der Waals surface area contributed by atoms with Gasteiger partial charge in [-0.1, -0.05) is 0 Å². The average Bonchev–Trinajstić information content (AvgIpc) is 3.23. The fraction of sp³-hybridized carbons (Fsp3) is 0.294. The second-order valence-electron chi connectivity index (χ2n) is 6.02. The smallest absolute Gasteiger partial charge is 0.270 e. The van der Waals surface area contributed by atoms with Crippen LogP contribution in [0.25, 0.3) is 10.9 Å². The third-order valence-corrected chi connectivity index (χ3v) is 4.37. The van der Waals surface area contributed by atoms with E-state index in [-0.39, 0.29) is 17.8 Å². The molecule has 4 rings (SSSR count). The standard InChI is InChI=1S/C17H17FN4O/c1-10-9-19-16(20-10)15-3-2-6-22(15)17(23)14-7-11-4-5-12(18)8-13(11)21-14/h4-5,7-9,15,21H,2-3,6H2,1H3,(H,19,20)/t15-/m1/s1. The number of amides is 1. The molecular formula is C17H17FN4O. The Labute approximate surface area is 132 Å². The molecule has 118 valence electrons. The van der Waals surface area contributed by atoms with Crippen molar-refractivity contribution in [2.45, 2.75) is 25.8 Å². The first kappa shape index (κ1) is 14.0. The third-order valence-electron chi connectivity index (χ3n) is 4.37. The number of aromatic amines is 2. The fourth-order valence-electron chi connectivity index (χ4n) is 3.27. The molecule has 0 bridgehead atoms. The van der Waals surface area contributed by atoms with Crippen molar-refractivity contribution in [2.24, 2.45) is 0 Å². The zero-order chi connectivity index (χ0) is 16.0. The molecule has 2 N–H and O–H groups in total. The number of nitrogens with zero attached hydrogens (tertiary/aromatic N) is 2. The van der Waals surface area contributed by atoms with Gasteiger partial charge in [-0.3, -0.25) is 4.79 Å². The SMILES string of the molecule is Cc1cnc([C@H]2CCCN2C(=O)c2cc3ccc(F)cc3[nH]2)[nH]1. The van der Waals surface area contributed by atoms with Gasteiger partial charge in [0.15, 0.2) is 0 Å². The summed E-state index contributed by atoms with van der Waals surface area (Å²) in [6, 6.07) is 6.23. The first-order valence-electron chi connectivity index (χ1n) is 7.72. The summed E-state index contributed by atoms with van der Waals surface area (Å²) in [5.74, 6) is 0.442. The van der Waals surface area contributed by atoms with Gasteiger partial charge in [-0.25, -0.2) is 9.37 Å². The topological polar surface area (TPSA) is 64.8 Å². The van der Waals surface area contributed by atoms with Gasteiger partial charge < -0.3 is 14.9 Å². The Morgan fingerprint density at radius 3 is 3.00 bits per heavy atom. The molecule has 1 aromatic carbocycles. The van der Waals surface area contributed by atoms with E-state index in [0.717, 1.165) is 29.7 Å². The van der Waals surface area contributed by atoms with Crippen LogP contribution in [-0.2, 0) is 0 Å². The molecule has 1 amide bonds. The molecule has 1 saturated heterocycles. The van der Waals surface area contributed by atoms with Crippen LogP contribution in [0.4, 0.5) is 4.39 Å². The Balaban J connectivity index is 1.66. The van der Waals surface area contributed by atoms with Crippen molar-refractivity contribution in [3.8, 4) is 0 Å². The summed E-state index contributed by atoms with van der Waals surface area (Å²) in [5.41, 5.74) is 2.11. The molecule has 0 radical (unpaired) electrons. The zero-order valence-electron chi connectivity index (χ0n) is 12.8. The number of imidazole rings is 1.